The molecule has 0 spiro atoms. The van der Waals surface area contributed by atoms with E-state index in [1.165, 1.54) is 4.88 Å². The van der Waals surface area contributed by atoms with Gasteiger partial charge in [0.1, 0.15) is 0 Å². The number of piperidine rings is 1. The molecule has 2 rings (SSSR count). The van der Waals surface area contributed by atoms with Crippen LogP contribution in [0.25, 0.3) is 0 Å². The zero-order valence-corrected chi connectivity index (χ0v) is 11.3. The Kier molecular flexibility index (Phi) is 4.36. The standard InChI is InChI=1S/C13H18N2O2S/c1-15(7-6-11-3-2-8-18-11)13(17)10-4-5-12(16)14-9-10/h2-3,8,10H,4-7,9H2,1H3,(H,14,16). The Hall–Kier alpha value is -1.36. The second-order valence-corrected chi connectivity index (χ2v) is 5.66. The predicted octanol–water partition coefficient (Wildman–Crippen LogP) is 1.28. The first-order valence-electron chi connectivity index (χ1n) is 6.21. The highest BCUT2D eigenvalue weighted by Crippen LogP contribution is 2.15. The Balaban J connectivity index is 1.79. The monoisotopic (exact) mass is 266 g/mol. The van der Waals surface area contributed by atoms with Crippen molar-refractivity contribution in [2.24, 2.45) is 5.92 Å². The van der Waals surface area contributed by atoms with E-state index in [-0.39, 0.29) is 17.7 Å². The van der Waals surface area contributed by atoms with Gasteiger partial charge in [0.25, 0.3) is 0 Å². The van der Waals surface area contributed by atoms with Crippen LogP contribution in [0.5, 0.6) is 0 Å². The molecule has 1 atom stereocenters. The van der Waals surface area contributed by atoms with Gasteiger partial charge in [0.05, 0.1) is 5.92 Å². The molecule has 0 aliphatic carbocycles. The van der Waals surface area contributed by atoms with Gasteiger partial charge < -0.3 is 10.2 Å². The van der Waals surface area contributed by atoms with Gasteiger partial charge in [-0.15, -0.1) is 11.3 Å². The molecule has 1 saturated heterocycles. The topological polar surface area (TPSA) is 49.4 Å². The van der Waals surface area contributed by atoms with E-state index in [4.69, 9.17) is 0 Å². The van der Waals surface area contributed by atoms with Crippen LogP contribution in [0, 0.1) is 5.92 Å². The lowest BCUT2D eigenvalue weighted by molar-refractivity contribution is -0.136. The fourth-order valence-corrected chi connectivity index (χ4v) is 2.80. The third-order valence-electron chi connectivity index (χ3n) is 3.26. The first kappa shape index (κ1) is 13.1. The Labute approximate surface area is 111 Å². The lowest BCUT2D eigenvalue weighted by Crippen LogP contribution is -2.44. The number of carbonyl (C=O) groups excluding carboxylic acids is 2. The minimum Gasteiger partial charge on any atom is -0.355 e. The van der Waals surface area contributed by atoms with E-state index in [0.717, 1.165) is 13.0 Å². The number of nitrogens with zero attached hydrogens (tertiary/aromatic N) is 1. The number of hydrogen-bond donors (Lipinski definition) is 1. The smallest absolute Gasteiger partial charge is 0.227 e. The van der Waals surface area contributed by atoms with Crippen molar-refractivity contribution in [1.29, 1.82) is 0 Å². The van der Waals surface area contributed by atoms with Crippen LogP contribution in [0.3, 0.4) is 0 Å². The van der Waals surface area contributed by atoms with Crippen LogP contribution < -0.4 is 5.32 Å². The molecule has 1 aliphatic rings. The van der Waals surface area contributed by atoms with E-state index in [0.29, 0.717) is 19.4 Å². The van der Waals surface area contributed by atoms with Crippen molar-refractivity contribution in [2.75, 3.05) is 20.1 Å². The highest BCUT2D eigenvalue weighted by molar-refractivity contribution is 7.09. The quantitative estimate of drug-likeness (QED) is 0.892. The minimum atomic E-state index is -0.0453. The second kappa shape index (κ2) is 6.00. The van der Waals surface area contributed by atoms with E-state index < -0.39 is 0 Å². The lowest BCUT2D eigenvalue weighted by atomic mass is 9.98. The summed E-state index contributed by atoms with van der Waals surface area (Å²) in [5.74, 6) is 0.155. The zero-order chi connectivity index (χ0) is 13.0. The second-order valence-electron chi connectivity index (χ2n) is 4.63. The van der Waals surface area contributed by atoms with E-state index in [2.05, 4.69) is 11.4 Å². The number of thiophene rings is 1. The third-order valence-corrected chi connectivity index (χ3v) is 4.20. The molecule has 2 heterocycles. The largest absolute Gasteiger partial charge is 0.355 e. The number of hydrogen-bond acceptors (Lipinski definition) is 3. The molecular weight excluding hydrogens is 248 g/mol. The highest BCUT2D eigenvalue weighted by atomic mass is 32.1. The summed E-state index contributed by atoms with van der Waals surface area (Å²) in [5.41, 5.74) is 0. The Morgan fingerprint density at radius 3 is 3.06 bits per heavy atom. The molecule has 2 amide bonds. The number of carbonyl (C=O) groups is 2. The van der Waals surface area contributed by atoms with Crippen LogP contribution >= 0.6 is 11.3 Å². The Morgan fingerprint density at radius 2 is 2.44 bits per heavy atom. The summed E-state index contributed by atoms with van der Waals surface area (Å²) < 4.78 is 0. The van der Waals surface area contributed by atoms with Crippen LogP contribution in [0.2, 0.25) is 0 Å². The summed E-state index contributed by atoms with van der Waals surface area (Å²) >= 11 is 1.72. The van der Waals surface area contributed by atoms with E-state index >= 15 is 0 Å². The van der Waals surface area contributed by atoms with Crippen molar-refractivity contribution in [1.82, 2.24) is 10.2 Å². The van der Waals surface area contributed by atoms with Crippen LogP contribution in [0.4, 0.5) is 0 Å². The van der Waals surface area contributed by atoms with Crippen molar-refractivity contribution < 1.29 is 9.59 Å². The first-order valence-corrected chi connectivity index (χ1v) is 7.09. The zero-order valence-electron chi connectivity index (χ0n) is 10.5. The molecule has 1 unspecified atom stereocenters. The molecular formula is C13H18N2O2S. The van der Waals surface area contributed by atoms with Gasteiger partial charge in [-0.25, -0.2) is 0 Å². The Morgan fingerprint density at radius 1 is 1.61 bits per heavy atom. The number of nitrogens with one attached hydrogen (secondary N) is 1. The summed E-state index contributed by atoms with van der Waals surface area (Å²) in [6.07, 6.45) is 2.04. The average molecular weight is 266 g/mol. The van der Waals surface area contributed by atoms with E-state index in [1.807, 2.05) is 18.5 Å². The van der Waals surface area contributed by atoms with Crippen LogP contribution in [-0.4, -0.2) is 36.9 Å². The molecule has 1 aromatic rings. The highest BCUT2D eigenvalue weighted by Gasteiger charge is 2.26. The summed E-state index contributed by atoms with van der Waals surface area (Å²) in [5, 5.41) is 4.80. The normalized spacial score (nSPS) is 19.4. The fourth-order valence-electron chi connectivity index (χ4n) is 2.10. The molecule has 0 aromatic carbocycles. The summed E-state index contributed by atoms with van der Waals surface area (Å²) in [4.78, 5) is 26.3. The van der Waals surface area contributed by atoms with Crippen LogP contribution in [-0.2, 0) is 16.0 Å². The molecule has 1 aliphatic heterocycles. The minimum absolute atomic E-state index is 0.0453. The van der Waals surface area contributed by atoms with Gasteiger partial charge in [-0.3, -0.25) is 9.59 Å². The summed E-state index contributed by atoms with van der Waals surface area (Å²) in [6, 6.07) is 4.11. The maximum atomic E-state index is 12.1. The van der Waals surface area contributed by atoms with Gasteiger partial charge in [0.15, 0.2) is 0 Å². The Bertz CT molecular complexity index is 407. The molecule has 98 valence electrons. The van der Waals surface area contributed by atoms with Crippen molar-refractivity contribution >= 4 is 23.2 Å². The lowest BCUT2D eigenvalue weighted by Gasteiger charge is -2.26. The SMILES string of the molecule is CN(CCc1cccs1)C(=O)C1CCC(=O)NC1. The molecule has 5 heteroatoms. The average Bonchev–Trinajstić information content (AvgIpc) is 2.89. The number of likely N-dealkylation sites (N-methyl/N-ethyl adjacent to an activating group) is 1. The van der Waals surface area contributed by atoms with Gasteiger partial charge in [-0.2, -0.15) is 0 Å². The van der Waals surface area contributed by atoms with Gasteiger partial charge in [-0.1, -0.05) is 6.07 Å². The third kappa shape index (κ3) is 3.32. The van der Waals surface area contributed by atoms with Gasteiger partial charge >= 0.3 is 0 Å². The molecule has 1 aromatic heterocycles. The maximum Gasteiger partial charge on any atom is 0.227 e. The molecule has 0 radical (unpaired) electrons. The summed E-state index contributed by atoms with van der Waals surface area (Å²) in [6.45, 7) is 1.23. The molecule has 18 heavy (non-hydrogen) atoms. The summed E-state index contributed by atoms with van der Waals surface area (Å²) in [7, 11) is 1.84. The number of amides is 2. The molecule has 4 nitrogen and oxygen atoms in total. The van der Waals surface area contributed by atoms with E-state index in [9.17, 15) is 9.59 Å². The first-order chi connectivity index (χ1) is 8.66. The van der Waals surface area contributed by atoms with Crippen LogP contribution in [0.1, 0.15) is 17.7 Å². The van der Waals surface area contributed by atoms with Gasteiger partial charge in [0, 0.05) is 31.4 Å². The van der Waals surface area contributed by atoms with Crippen molar-refractivity contribution in [2.45, 2.75) is 19.3 Å². The van der Waals surface area contributed by atoms with Crippen molar-refractivity contribution in [3.63, 3.8) is 0 Å². The number of rotatable bonds is 4. The predicted molar refractivity (Wildman–Crippen MR) is 71.4 cm³/mol. The maximum absolute atomic E-state index is 12.1. The molecule has 1 N–H and O–H groups in total. The van der Waals surface area contributed by atoms with Gasteiger partial charge in [0.2, 0.25) is 11.8 Å². The van der Waals surface area contributed by atoms with Crippen LogP contribution in [0.15, 0.2) is 17.5 Å². The van der Waals surface area contributed by atoms with Gasteiger partial charge in [-0.05, 0) is 24.3 Å². The molecule has 0 bridgehead atoms. The fraction of sp³-hybridized carbons (Fsp3) is 0.538. The molecule has 1 fully saturated rings. The molecule has 0 saturated carbocycles. The van der Waals surface area contributed by atoms with E-state index in [1.54, 1.807) is 16.2 Å². The van der Waals surface area contributed by atoms with Crippen molar-refractivity contribution in [3.05, 3.63) is 22.4 Å². The van der Waals surface area contributed by atoms with Crippen molar-refractivity contribution in [3.8, 4) is 0 Å².